The lowest BCUT2D eigenvalue weighted by atomic mass is 9.77. The molecule has 0 saturated heterocycles. The quantitative estimate of drug-likeness (QED) is 0.175. The first-order valence-corrected chi connectivity index (χ1v) is 20.2. The molecule has 0 radical (unpaired) electrons. The number of benzene rings is 10. The van der Waals surface area contributed by atoms with Crippen molar-refractivity contribution < 1.29 is 8.83 Å². The zero-order valence-electron chi connectivity index (χ0n) is 31.8. The van der Waals surface area contributed by atoms with E-state index < -0.39 is 0 Å². The molecule has 1 aliphatic carbocycles. The zero-order valence-corrected chi connectivity index (χ0v) is 31.8. The lowest BCUT2D eigenvalue weighted by molar-refractivity contribution is 0.666. The maximum atomic E-state index is 6.68. The summed E-state index contributed by atoms with van der Waals surface area (Å²) in [6.07, 6.45) is 0. The summed E-state index contributed by atoms with van der Waals surface area (Å²) in [5.41, 5.74) is 16.5. The first kappa shape index (κ1) is 32.2. The van der Waals surface area contributed by atoms with Crippen molar-refractivity contribution in [2.75, 3.05) is 4.90 Å². The van der Waals surface area contributed by atoms with Crippen LogP contribution < -0.4 is 4.90 Å². The molecule has 0 spiro atoms. The highest BCUT2D eigenvalue weighted by Crippen LogP contribution is 2.52. The van der Waals surface area contributed by atoms with Gasteiger partial charge >= 0.3 is 0 Å². The highest BCUT2D eigenvalue weighted by atomic mass is 16.3. The van der Waals surface area contributed by atoms with Crippen LogP contribution in [0.15, 0.2) is 209 Å². The van der Waals surface area contributed by atoms with Gasteiger partial charge in [-0.15, -0.1) is 0 Å². The molecule has 3 heteroatoms. The maximum absolute atomic E-state index is 6.68. The van der Waals surface area contributed by atoms with Gasteiger partial charge in [-0.3, -0.25) is 0 Å². The van der Waals surface area contributed by atoms with Crippen LogP contribution >= 0.6 is 0 Å². The van der Waals surface area contributed by atoms with Crippen LogP contribution in [0.1, 0.15) is 0 Å². The molecule has 10 aromatic carbocycles. The van der Waals surface area contributed by atoms with Crippen LogP contribution in [-0.2, 0) is 0 Å². The van der Waals surface area contributed by atoms with Crippen molar-refractivity contribution in [1.82, 2.24) is 0 Å². The summed E-state index contributed by atoms with van der Waals surface area (Å²) >= 11 is 0. The van der Waals surface area contributed by atoms with Gasteiger partial charge in [-0.1, -0.05) is 127 Å². The summed E-state index contributed by atoms with van der Waals surface area (Å²) in [4.78, 5) is 2.31. The number of rotatable bonds is 5. The third-order valence-corrected chi connectivity index (χ3v) is 12.3. The van der Waals surface area contributed by atoms with E-state index in [4.69, 9.17) is 8.83 Å². The van der Waals surface area contributed by atoms with Crippen LogP contribution in [-0.4, -0.2) is 0 Å². The van der Waals surface area contributed by atoms with Gasteiger partial charge in [0.05, 0.1) is 11.4 Å². The Morgan fingerprint density at radius 3 is 1.20 bits per heavy atom. The molecule has 0 aliphatic heterocycles. The Kier molecular flexibility index (Phi) is 6.72. The largest absolute Gasteiger partial charge is 0.454 e. The molecule has 0 fully saturated rings. The maximum Gasteiger partial charge on any atom is 0.159 e. The number of hydrogen-bond donors (Lipinski definition) is 0. The molecule has 0 bridgehead atoms. The molecule has 2 aromatic heterocycles. The normalized spacial score (nSPS) is 12.1. The Hall–Kier alpha value is -7.88. The van der Waals surface area contributed by atoms with Gasteiger partial charge in [0.15, 0.2) is 11.2 Å². The number of anilines is 3. The topological polar surface area (TPSA) is 29.5 Å². The van der Waals surface area contributed by atoms with E-state index in [0.717, 1.165) is 60.9 Å². The van der Waals surface area contributed by atoms with E-state index in [1.54, 1.807) is 0 Å². The molecular formula is C56H33NO2. The Morgan fingerprint density at radius 2 is 0.695 bits per heavy atom. The summed E-state index contributed by atoms with van der Waals surface area (Å²) in [5, 5.41) is 9.23. The van der Waals surface area contributed by atoms with Crippen LogP contribution in [0.3, 0.4) is 0 Å². The van der Waals surface area contributed by atoms with Crippen LogP contribution in [0.2, 0.25) is 0 Å². The number of nitrogens with zero attached hydrogens (tertiary/aromatic N) is 1. The van der Waals surface area contributed by atoms with E-state index in [-0.39, 0.29) is 0 Å². The van der Waals surface area contributed by atoms with Crippen LogP contribution in [0.25, 0.3) is 110 Å². The Morgan fingerprint density at radius 1 is 0.288 bits per heavy atom. The van der Waals surface area contributed by atoms with Crippen molar-refractivity contribution in [3.63, 3.8) is 0 Å². The summed E-state index contributed by atoms with van der Waals surface area (Å²) in [7, 11) is 0. The SMILES string of the molecule is c1ccc(-c2cc3cc4c(cc3cc2-c2ccccc2)-c2cc3cc(N(c5cccc6c5oc5ccccc56)c5cccc6c5oc5ccccc56)ccc3cc2-4)cc1. The highest BCUT2D eigenvalue weighted by molar-refractivity contribution is 6.16. The van der Waals surface area contributed by atoms with E-state index in [0.29, 0.717) is 0 Å². The van der Waals surface area contributed by atoms with Gasteiger partial charge in [0.1, 0.15) is 11.2 Å². The van der Waals surface area contributed by atoms with Gasteiger partial charge in [-0.2, -0.15) is 0 Å². The number of para-hydroxylation sites is 4. The first-order chi connectivity index (χ1) is 29.2. The van der Waals surface area contributed by atoms with Gasteiger partial charge in [-0.25, -0.2) is 0 Å². The Balaban J connectivity index is 0.992. The third-order valence-electron chi connectivity index (χ3n) is 12.3. The Bertz CT molecular complexity index is 3560. The molecule has 13 rings (SSSR count). The van der Waals surface area contributed by atoms with Gasteiger partial charge in [0.2, 0.25) is 0 Å². The molecule has 0 atom stereocenters. The molecule has 0 N–H and O–H groups in total. The van der Waals surface area contributed by atoms with Gasteiger partial charge in [0.25, 0.3) is 0 Å². The zero-order chi connectivity index (χ0) is 38.6. The molecule has 59 heavy (non-hydrogen) atoms. The minimum Gasteiger partial charge on any atom is -0.454 e. The standard InChI is InChI=1S/C56H33NO2/c1-3-13-34(14-4-1)45-29-38-32-49-47-28-36-25-26-40(27-37(36)31-48(47)50(49)33-39(38)30-46(45)35-15-5-2-6-16-35)57(51-21-11-19-43-41-17-7-9-23-53(41)58-55(43)51)52-22-12-20-44-42-18-8-10-24-54(42)59-56(44)52/h1-33H. The average Bonchev–Trinajstić information content (AvgIpc) is 3.88. The molecule has 0 saturated carbocycles. The van der Waals surface area contributed by atoms with Gasteiger partial charge in [0, 0.05) is 27.2 Å². The smallest absolute Gasteiger partial charge is 0.159 e. The second kappa shape index (κ2) is 12.3. The summed E-state index contributed by atoms with van der Waals surface area (Å²) in [5.74, 6) is 0. The molecule has 0 unspecified atom stereocenters. The van der Waals surface area contributed by atoms with E-state index in [2.05, 4.69) is 181 Å². The summed E-state index contributed by atoms with van der Waals surface area (Å²) < 4.78 is 13.4. The lowest BCUT2D eigenvalue weighted by Gasteiger charge is -2.28. The minimum absolute atomic E-state index is 0.838. The minimum atomic E-state index is 0.838. The number of furan rings is 2. The molecule has 2 heterocycles. The Labute approximate surface area is 339 Å². The second-order valence-electron chi connectivity index (χ2n) is 15.6. The van der Waals surface area contributed by atoms with Crippen LogP contribution in [0.5, 0.6) is 0 Å². The number of hydrogen-bond acceptors (Lipinski definition) is 3. The average molecular weight is 752 g/mol. The van der Waals surface area contributed by atoms with E-state index >= 15 is 0 Å². The predicted octanol–water partition coefficient (Wildman–Crippen LogP) is 16.2. The van der Waals surface area contributed by atoms with Crippen LogP contribution in [0.4, 0.5) is 17.1 Å². The third kappa shape index (κ3) is 4.82. The molecule has 1 aliphatic rings. The van der Waals surface area contributed by atoms with Crippen molar-refractivity contribution >= 4 is 82.5 Å². The number of fused-ring (bicyclic) bond motifs is 12. The van der Waals surface area contributed by atoms with E-state index in [9.17, 15) is 0 Å². The molecule has 274 valence electrons. The summed E-state index contributed by atoms with van der Waals surface area (Å²) in [6, 6.07) is 72.0. The van der Waals surface area contributed by atoms with E-state index in [1.165, 1.54) is 66.1 Å². The lowest BCUT2D eigenvalue weighted by Crippen LogP contribution is -2.10. The summed E-state index contributed by atoms with van der Waals surface area (Å²) in [6.45, 7) is 0. The molecular weight excluding hydrogens is 719 g/mol. The fourth-order valence-electron chi connectivity index (χ4n) is 9.54. The van der Waals surface area contributed by atoms with E-state index in [1.807, 2.05) is 24.3 Å². The van der Waals surface area contributed by atoms with Crippen molar-refractivity contribution in [2.45, 2.75) is 0 Å². The van der Waals surface area contributed by atoms with Gasteiger partial charge in [-0.05, 0) is 139 Å². The van der Waals surface area contributed by atoms with Crippen molar-refractivity contribution in [3.8, 4) is 44.5 Å². The highest BCUT2D eigenvalue weighted by Gasteiger charge is 2.27. The molecule has 12 aromatic rings. The first-order valence-electron chi connectivity index (χ1n) is 20.2. The van der Waals surface area contributed by atoms with Crippen molar-refractivity contribution in [3.05, 3.63) is 200 Å². The monoisotopic (exact) mass is 751 g/mol. The molecule has 3 nitrogen and oxygen atoms in total. The van der Waals surface area contributed by atoms with Crippen molar-refractivity contribution in [2.24, 2.45) is 0 Å². The van der Waals surface area contributed by atoms with Crippen LogP contribution in [0, 0.1) is 0 Å². The second-order valence-corrected chi connectivity index (χ2v) is 15.6. The fourth-order valence-corrected chi connectivity index (χ4v) is 9.54. The molecule has 0 amide bonds. The van der Waals surface area contributed by atoms with Gasteiger partial charge < -0.3 is 13.7 Å². The van der Waals surface area contributed by atoms with Crippen molar-refractivity contribution in [1.29, 1.82) is 0 Å². The predicted molar refractivity (Wildman–Crippen MR) is 246 cm³/mol. The fraction of sp³-hybridized carbons (Fsp3) is 0.